The maximum atomic E-state index is 12.8. The van der Waals surface area contributed by atoms with Crippen molar-refractivity contribution in [1.29, 1.82) is 0 Å². The zero-order valence-corrected chi connectivity index (χ0v) is 15.7. The van der Waals surface area contributed by atoms with Gasteiger partial charge < -0.3 is 14.7 Å². The Kier molecular flexibility index (Phi) is 4.76. The molecule has 2 saturated carbocycles. The first kappa shape index (κ1) is 17.6. The number of aromatic nitrogens is 1. The molecule has 4 atom stereocenters. The van der Waals surface area contributed by atoms with Crippen LogP contribution in [0.5, 0.6) is 0 Å². The summed E-state index contributed by atoms with van der Waals surface area (Å²) in [6, 6.07) is 2.03. The molecule has 6 heteroatoms. The fourth-order valence-corrected chi connectivity index (χ4v) is 4.51. The molecule has 2 aliphatic carbocycles. The average molecular weight is 359 g/mol. The predicted octanol–water partition coefficient (Wildman–Crippen LogP) is 3.10. The van der Waals surface area contributed by atoms with Gasteiger partial charge in [0.1, 0.15) is 5.76 Å². The van der Waals surface area contributed by atoms with E-state index >= 15 is 0 Å². The van der Waals surface area contributed by atoms with Gasteiger partial charge in [0.2, 0.25) is 5.91 Å². The lowest BCUT2D eigenvalue weighted by atomic mass is 9.95. The second kappa shape index (κ2) is 7.05. The Morgan fingerprint density at radius 3 is 2.62 bits per heavy atom. The van der Waals surface area contributed by atoms with E-state index < -0.39 is 0 Å². The highest BCUT2D eigenvalue weighted by molar-refractivity contribution is 5.92. The standard InChI is InChI=1S/C20H29N3O3/c1-12-3-4-15(9-12)20(25)23-8-7-16(10-13(23)2)21-19(24)17-11-18(26-22-17)14-5-6-14/h11-16H,3-10H2,1-2H3,(H,21,24)/t12-,13-,15-,16?/m1/s1. The zero-order valence-electron chi connectivity index (χ0n) is 15.7. The molecular formula is C20H29N3O3. The van der Waals surface area contributed by atoms with Crippen LogP contribution in [0.15, 0.2) is 10.6 Å². The summed E-state index contributed by atoms with van der Waals surface area (Å²) >= 11 is 0. The highest BCUT2D eigenvalue weighted by Crippen LogP contribution is 2.40. The van der Waals surface area contributed by atoms with Crippen LogP contribution >= 0.6 is 0 Å². The summed E-state index contributed by atoms with van der Waals surface area (Å²) in [4.78, 5) is 27.3. The van der Waals surface area contributed by atoms with E-state index in [2.05, 4.69) is 24.3 Å². The molecular weight excluding hydrogens is 330 g/mol. The van der Waals surface area contributed by atoms with Gasteiger partial charge >= 0.3 is 0 Å². The van der Waals surface area contributed by atoms with E-state index in [1.165, 1.54) is 0 Å². The van der Waals surface area contributed by atoms with Crippen LogP contribution in [0, 0.1) is 11.8 Å². The first-order valence-corrected chi connectivity index (χ1v) is 10.1. The molecule has 1 unspecified atom stereocenters. The molecule has 1 aromatic heterocycles. The molecule has 0 spiro atoms. The Morgan fingerprint density at radius 2 is 1.96 bits per heavy atom. The monoisotopic (exact) mass is 359 g/mol. The number of nitrogens with zero attached hydrogens (tertiary/aromatic N) is 2. The van der Waals surface area contributed by atoms with Crippen molar-refractivity contribution < 1.29 is 14.1 Å². The second-order valence-electron chi connectivity index (χ2n) is 8.58. The van der Waals surface area contributed by atoms with Crippen molar-refractivity contribution in [1.82, 2.24) is 15.4 Å². The molecule has 4 rings (SSSR count). The molecule has 0 bridgehead atoms. The fourth-order valence-electron chi connectivity index (χ4n) is 4.51. The molecule has 1 aliphatic heterocycles. The third kappa shape index (κ3) is 3.64. The Balaban J connectivity index is 1.30. The van der Waals surface area contributed by atoms with Crippen molar-refractivity contribution in [3.8, 4) is 0 Å². The second-order valence-corrected chi connectivity index (χ2v) is 8.58. The van der Waals surface area contributed by atoms with E-state index in [0.717, 1.165) is 57.3 Å². The summed E-state index contributed by atoms with van der Waals surface area (Å²) in [5.41, 5.74) is 0.373. The summed E-state index contributed by atoms with van der Waals surface area (Å²) in [5, 5.41) is 6.99. The smallest absolute Gasteiger partial charge is 0.273 e. The highest BCUT2D eigenvalue weighted by Gasteiger charge is 2.36. The van der Waals surface area contributed by atoms with Gasteiger partial charge in [-0.05, 0) is 57.8 Å². The van der Waals surface area contributed by atoms with E-state index in [9.17, 15) is 9.59 Å². The fraction of sp³-hybridized carbons (Fsp3) is 0.750. The molecule has 2 heterocycles. The lowest BCUT2D eigenvalue weighted by Gasteiger charge is -2.39. The van der Waals surface area contributed by atoms with Crippen molar-refractivity contribution in [3.63, 3.8) is 0 Å². The van der Waals surface area contributed by atoms with Crippen LogP contribution in [0.1, 0.15) is 81.0 Å². The van der Waals surface area contributed by atoms with Gasteiger partial charge in [0.05, 0.1) is 0 Å². The number of amides is 2. The van der Waals surface area contributed by atoms with E-state index in [1.54, 1.807) is 6.07 Å². The zero-order chi connectivity index (χ0) is 18.3. The number of carbonyl (C=O) groups is 2. The predicted molar refractivity (Wildman–Crippen MR) is 96.6 cm³/mol. The largest absolute Gasteiger partial charge is 0.360 e. The van der Waals surface area contributed by atoms with Gasteiger partial charge in [-0.1, -0.05) is 12.1 Å². The third-order valence-electron chi connectivity index (χ3n) is 6.28. The molecule has 142 valence electrons. The van der Waals surface area contributed by atoms with Crippen molar-refractivity contribution in [2.75, 3.05) is 6.54 Å². The van der Waals surface area contributed by atoms with Gasteiger partial charge in [0.15, 0.2) is 5.69 Å². The Morgan fingerprint density at radius 1 is 1.15 bits per heavy atom. The number of hydrogen-bond acceptors (Lipinski definition) is 4. The first-order valence-electron chi connectivity index (χ1n) is 10.1. The van der Waals surface area contributed by atoms with Gasteiger partial charge in [-0.2, -0.15) is 0 Å². The number of carbonyl (C=O) groups excluding carboxylic acids is 2. The van der Waals surface area contributed by atoms with Crippen LogP contribution in [0.3, 0.4) is 0 Å². The van der Waals surface area contributed by atoms with Crippen LogP contribution < -0.4 is 5.32 Å². The maximum Gasteiger partial charge on any atom is 0.273 e. The highest BCUT2D eigenvalue weighted by atomic mass is 16.5. The number of rotatable bonds is 4. The summed E-state index contributed by atoms with van der Waals surface area (Å²) in [5.74, 6) is 2.31. The minimum Gasteiger partial charge on any atom is -0.360 e. The van der Waals surface area contributed by atoms with E-state index in [0.29, 0.717) is 23.4 Å². The molecule has 1 N–H and O–H groups in total. The molecule has 26 heavy (non-hydrogen) atoms. The minimum atomic E-state index is -0.165. The molecule has 1 aromatic rings. The van der Waals surface area contributed by atoms with Gasteiger partial charge in [0.25, 0.3) is 5.91 Å². The number of hydrogen-bond donors (Lipinski definition) is 1. The minimum absolute atomic E-state index is 0.0881. The van der Waals surface area contributed by atoms with Gasteiger partial charge in [-0.3, -0.25) is 9.59 Å². The maximum absolute atomic E-state index is 12.8. The van der Waals surface area contributed by atoms with Crippen LogP contribution in [-0.4, -0.2) is 40.5 Å². The van der Waals surface area contributed by atoms with Crippen molar-refractivity contribution in [2.24, 2.45) is 11.8 Å². The summed E-state index contributed by atoms with van der Waals surface area (Å²) in [6.07, 6.45) is 7.07. The summed E-state index contributed by atoms with van der Waals surface area (Å²) in [6.45, 7) is 5.05. The number of piperidine rings is 1. The van der Waals surface area contributed by atoms with E-state index in [-0.39, 0.29) is 23.9 Å². The normalized spacial score (nSPS) is 31.8. The number of likely N-dealkylation sites (tertiary alicyclic amines) is 1. The third-order valence-corrected chi connectivity index (χ3v) is 6.28. The van der Waals surface area contributed by atoms with Crippen molar-refractivity contribution in [3.05, 3.63) is 17.5 Å². The quantitative estimate of drug-likeness (QED) is 0.896. The van der Waals surface area contributed by atoms with Crippen molar-refractivity contribution in [2.45, 2.75) is 76.8 Å². The average Bonchev–Trinajstić information content (AvgIpc) is 3.17. The topological polar surface area (TPSA) is 75.4 Å². The Hall–Kier alpha value is -1.85. The van der Waals surface area contributed by atoms with Crippen LogP contribution in [0.2, 0.25) is 0 Å². The van der Waals surface area contributed by atoms with E-state index in [4.69, 9.17) is 4.52 Å². The molecule has 2 amide bonds. The molecule has 1 saturated heterocycles. The van der Waals surface area contributed by atoms with Crippen LogP contribution in [-0.2, 0) is 4.79 Å². The van der Waals surface area contributed by atoms with Crippen LogP contribution in [0.25, 0.3) is 0 Å². The Bertz CT molecular complexity index is 682. The lowest BCUT2D eigenvalue weighted by Crippen LogP contribution is -2.52. The molecule has 0 radical (unpaired) electrons. The van der Waals surface area contributed by atoms with Gasteiger partial charge in [-0.25, -0.2) is 0 Å². The molecule has 0 aromatic carbocycles. The van der Waals surface area contributed by atoms with Crippen molar-refractivity contribution >= 4 is 11.8 Å². The first-order chi connectivity index (χ1) is 12.5. The lowest BCUT2D eigenvalue weighted by molar-refractivity contribution is -0.139. The van der Waals surface area contributed by atoms with Crippen LogP contribution in [0.4, 0.5) is 0 Å². The van der Waals surface area contributed by atoms with Gasteiger partial charge in [-0.15, -0.1) is 0 Å². The summed E-state index contributed by atoms with van der Waals surface area (Å²) < 4.78 is 5.27. The van der Waals surface area contributed by atoms with E-state index in [1.807, 2.05) is 4.90 Å². The molecule has 3 aliphatic rings. The van der Waals surface area contributed by atoms with Gasteiger partial charge in [0, 0.05) is 36.5 Å². The molecule has 6 nitrogen and oxygen atoms in total. The number of nitrogens with one attached hydrogen (secondary N) is 1. The Labute approximate surface area is 154 Å². The summed E-state index contributed by atoms with van der Waals surface area (Å²) in [7, 11) is 0. The molecule has 3 fully saturated rings. The SMILES string of the molecule is C[C@@H]1CC[C@@H](C(=O)N2CCC(NC(=O)c3cc(C4CC4)on3)C[C@H]2C)C1.